The SMILES string of the molecule is CCOC(=O)CNC(=O)[C@@H](CO)NC(=O)OCc1ccccc1. The van der Waals surface area contributed by atoms with E-state index in [4.69, 9.17) is 9.84 Å². The van der Waals surface area contributed by atoms with Crippen molar-refractivity contribution in [3.8, 4) is 0 Å². The van der Waals surface area contributed by atoms with E-state index in [2.05, 4.69) is 15.4 Å². The number of hydrogen-bond acceptors (Lipinski definition) is 6. The summed E-state index contributed by atoms with van der Waals surface area (Å²) in [7, 11) is 0. The minimum absolute atomic E-state index is 0.0370. The lowest BCUT2D eigenvalue weighted by Gasteiger charge is -2.15. The predicted octanol–water partition coefficient (Wildman–Crippen LogP) is -0.0470. The Morgan fingerprint density at radius 1 is 1.17 bits per heavy atom. The maximum atomic E-state index is 11.7. The van der Waals surface area contributed by atoms with Crippen LogP contribution >= 0.6 is 0 Å². The molecular weight excluding hydrogens is 304 g/mol. The van der Waals surface area contributed by atoms with E-state index in [9.17, 15) is 14.4 Å². The summed E-state index contributed by atoms with van der Waals surface area (Å²) in [5, 5.41) is 13.6. The third-order valence-corrected chi connectivity index (χ3v) is 2.72. The normalized spacial score (nSPS) is 11.2. The minimum atomic E-state index is -1.22. The second kappa shape index (κ2) is 10.2. The molecule has 0 saturated heterocycles. The molecule has 126 valence electrons. The van der Waals surface area contributed by atoms with E-state index in [0.717, 1.165) is 5.56 Å². The Bertz CT molecular complexity index is 520. The van der Waals surface area contributed by atoms with Crippen molar-refractivity contribution in [2.75, 3.05) is 19.8 Å². The van der Waals surface area contributed by atoms with Crippen molar-refractivity contribution >= 4 is 18.0 Å². The molecule has 8 nitrogen and oxygen atoms in total. The Hall–Kier alpha value is -2.61. The van der Waals surface area contributed by atoms with Crippen molar-refractivity contribution in [1.82, 2.24) is 10.6 Å². The van der Waals surface area contributed by atoms with Gasteiger partial charge in [-0.3, -0.25) is 9.59 Å². The number of hydrogen-bond donors (Lipinski definition) is 3. The van der Waals surface area contributed by atoms with E-state index < -0.39 is 30.6 Å². The van der Waals surface area contributed by atoms with Gasteiger partial charge in [0.05, 0.1) is 13.2 Å². The maximum Gasteiger partial charge on any atom is 0.408 e. The zero-order valence-corrected chi connectivity index (χ0v) is 12.8. The molecular formula is C15H20N2O6. The van der Waals surface area contributed by atoms with Gasteiger partial charge < -0.3 is 25.2 Å². The number of esters is 1. The molecule has 0 aliphatic carbocycles. The first kappa shape index (κ1) is 18.4. The number of ether oxygens (including phenoxy) is 2. The van der Waals surface area contributed by atoms with E-state index in [1.807, 2.05) is 6.07 Å². The van der Waals surface area contributed by atoms with Crippen molar-refractivity contribution in [2.24, 2.45) is 0 Å². The van der Waals surface area contributed by atoms with Gasteiger partial charge in [0.1, 0.15) is 19.2 Å². The van der Waals surface area contributed by atoms with Gasteiger partial charge in [-0.25, -0.2) is 4.79 Å². The molecule has 1 rings (SSSR count). The van der Waals surface area contributed by atoms with Crippen LogP contribution in [-0.2, 0) is 25.7 Å². The van der Waals surface area contributed by atoms with Crippen LogP contribution < -0.4 is 10.6 Å². The average Bonchev–Trinajstić information content (AvgIpc) is 2.57. The Kier molecular flexibility index (Phi) is 8.16. The molecule has 0 bridgehead atoms. The predicted molar refractivity (Wildman–Crippen MR) is 80.3 cm³/mol. The third-order valence-electron chi connectivity index (χ3n) is 2.72. The van der Waals surface area contributed by atoms with Crippen LogP contribution in [0.2, 0.25) is 0 Å². The molecule has 0 fully saturated rings. The van der Waals surface area contributed by atoms with E-state index in [0.29, 0.717) is 0 Å². The van der Waals surface area contributed by atoms with Crippen LogP contribution in [0.4, 0.5) is 4.79 Å². The Morgan fingerprint density at radius 3 is 2.48 bits per heavy atom. The van der Waals surface area contributed by atoms with Crippen LogP contribution in [-0.4, -0.2) is 48.9 Å². The van der Waals surface area contributed by atoms with Gasteiger partial charge >= 0.3 is 12.1 Å². The molecule has 1 aromatic rings. The molecule has 8 heteroatoms. The number of carbonyl (C=O) groups excluding carboxylic acids is 3. The number of nitrogens with one attached hydrogen (secondary N) is 2. The van der Waals surface area contributed by atoms with E-state index in [1.165, 1.54) is 0 Å². The van der Waals surface area contributed by atoms with Crippen LogP contribution in [0, 0.1) is 0 Å². The first-order chi connectivity index (χ1) is 11.1. The molecule has 3 N–H and O–H groups in total. The number of rotatable bonds is 8. The lowest BCUT2D eigenvalue weighted by atomic mass is 10.2. The van der Waals surface area contributed by atoms with Gasteiger partial charge in [-0.05, 0) is 12.5 Å². The fourth-order valence-corrected chi connectivity index (χ4v) is 1.60. The van der Waals surface area contributed by atoms with E-state index in [1.54, 1.807) is 31.2 Å². The number of aliphatic hydroxyl groups excluding tert-OH is 1. The summed E-state index contributed by atoms with van der Waals surface area (Å²) in [6.07, 6.45) is -0.848. The van der Waals surface area contributed by atoms with Crippen LogP contribution in [0.5, 0.6) is 0 Å². The number of amides is 2. The fraction of sp³-hybridized carbons (Fsp3) is 0.400. The number of benzene rings is 1. The maximum absolute atomic E-state index is 11.7. The van der Waals surface area contributed by atoms with Gasteiger partial charge in [-0.2, -0.15) is 0 Å². The molecule has 0 aromatic heterocycles. The summed E-state index contributed by atoms with van der Waals surface area (Å²) in [6, 6.07) is 7.78. The van der Waals surface area contributed by atoms with Crippen molar-refractivity contribution in [3.63, 3.8) is 0 Å². The first-order valence-electron chi connectivity index (χ1n) is 7.08. The van der Waals surface area contributed by atoms with Crippen LogP contribution in [0.3, 0.4) is 0 Å². The van der Waals surface area contributed by atoms with Gasteiger partial charge in [0.25, 0.3) is 0 Å². The fourth-order valence-electron chi connectivity index (χ4n) is 1.60. The molecule has 0 radical (unpaired) electrons. The highest BCUT2D eigenvalue weighted by Crippen LogP contribution is 2.00. The summed E-state index contributed by atoms with van der Waals surface area (Å²) < 4.78 is 9.59. The van der Waals surface area contributed by atoms with Crippen molar-refractivity contribution in [1.29, 1.82) is 0 Å². The Labute approximate surface area is 133 Å². The highest BCUT2D eigenvalue weighted by molar-refractivity contribution is 5.88. The van der Waals surface area contributed by atoms with Crippen molar-refractivity contribution < 1.29 is 29.0 Å². The molecule has 0 heterocycles. The number of aliphatic hydroxyl groups is 1. The molecule has 1 aromatic carbocycles. The van der Waals surface area contributed by atoms with Gasteiger partial charge in [0, 0.05) is 0 Å². The summed E-state index contributed by atoms with van der Waals surface area (Å²) in [5.41, 5.74) is 0.787. The second-order valence-corrected chi connectivity index (χ2v) is 4.46. The number of alkyl carbamates (subject to hydrolysis) is 1. The third kappa shape index (κ3) is 7.28. The lowest BCUT2D eigenvalue weighted by molar-refractivity contribution is -0.143. The Balaban J connectivity index is 2.37. The smallest absolute Gasteiger partial charge is 0.408 e. The molecule has 0 aliphatic rings. The van der Waals surface area contributed by atoms with Crippen LogP contribution in [0.25, 0.3) is 0 Å². The summed E-state index contributed by atoms with van der Waals surface area (Å²) in [5.74, 6) is -1.32. The molecule has 1 atom stereocenters. The minimum Gasteiger partial charge on any atom is -0.465 e. The molecule has 23 heavy (non-hydrogen) atoms. The van der Waals surface area contributed by atoms with Gasteiger partial charge in [0.15, 0.2) is 0 Å². The zero-order chi connectivity index (χ0) is 17.1. The number of carbonyl (C=O) groups is 3. The zero-order valence-electron chi connectivity index (χ0n) is 12.8. The molecule has 0 unspecified atom stereocenters. The second-order valence-electron chi connectivity index (χ2n) is 4.46. The summed E-state index contributed by atoms with van der Waals surface area (Å²) in [4.78, 5) is 34.5. The van der Waals surface area contributed by atoms with E-state index in [-0.39, 0.29) is 19.8 Å². The van der Waals surface area contributed by atoms with Gasteiger partial charge in [-0.15, -0.1) is 0 Å². The lowest BCUT2D eigenvalue weighted by Crippen LogP contribution is -2.50. The highest BCUT2D eigenvalue weighted by Gasteiger charge is 2.21. The standard InChI is InChI=1S/C15H20N2O6/c1-2-22-13(19)8-16-14(20)12(9-18)17-15(21)23-10-11-6-4-3-5-7-11/h3-7,12,18H,2,8-10H2,1H3,(H,16,20)(H,17,21)/t12-/m1/s1. The van der Waals surface area contributed by atoms with Crippen LogP contribution in [0.15, 0.2) is 30.3 Å². The quantitative estimate of drug-likeness (QED) is 0.578. The van der Waals surface area contributed by atoms with Crippen molar-refractivity contribution in [2.45, 2.75) is 19.6 Å². The molecule has 0 saturated carbocycles. The topological polar surface area (TPSA) is 114 Å². The highest BCUT2D eigenvalue weighted by atomic mass is 16.5. The first-order valence-corrected chi connectivity index (χ1v) is 7.08. The van der Waals surface area contributed by atoms with Crippen LogP contribution in [0.1, 0.15) is 12.5 Å². The monoisotopic (exact) mass is 324 g/mol. The van der Waals surface area contributed by atoms with Gasteiger partial charge in [0.2, 0.25) is 5.91 Å². The molecule has 2 amide bonds. The van der Waals surface area contributed by atoms with E-state index >= 15 is 0 Å². The summed E-state index contributed by atoms with van der Waals surface area (Å²) >= 11 is 0. The molecule has 0 spiro atoms. The summed E-state index contributed by atoms with van der Waals surface area (Å²) in [6.45, 7) is 0.900. The van der Waals surface area contributed by atoms with Gasteiger partial charge in [-0.1, -0.05) is 30.3 Å². The Morgan fingerprint density at radius 2 is 1.87 bits per heavy atom. The average molecular weight is 324 g/mol. The molecule has 0 aliphatic heterocycles. The largest absolute Gasteiger partial charge is 0.465 e. The van der Waals surface area contributed by atoms with Crippen molar-refractivity contribution in [3.05, 3.63) is 35.9 Å².